The van der Waals surface area contributed by atoms with Crippen LogP contribution in [0.2, 0.25) is 5.02 Å². The van der Waals surface area contributed by atoms with E-state index in [2.05, 4.69) is 0 Å². The van der Waals surface area contributed by atoms with Crippen LogP contribution < -0.4 is 0 Å². The Hall–Kier alpha value is -1.02. The molecule has 0 spiro atoms. The number of carboxylic acid groups (broad SMARTS) is 1. The van der Waals surface area contributed by atoms with Crippen LogP contribution in [-0.2, 0) is 11.2 Å². The molecule has 0 aliphatic heterocycles. The van der Waals surface area contributed by atoms with Crippen LogP contribution in [0.4, 0.5) is 0 Å². The van der Waals surface area contributed by atoms with E-state index in [1.165, 1.54) is 6.42 Å². The zero-order valence-electron chi connectivity index (χ0n) is 10.2. The maximum Gasteiger partial charge on any atom is 0.310 e. The highest BCUT2D eigenvalue weighted by molar-refractivity contribution is 6.30. The maximum absolute atomic E-state index is 11.8. The van der Waals surface area contributed by atoms with Crippen molar-refractivity contribution < 1.29 is 9.90 Å². The lowest BCUT2D eigenvalue weighted by molar-refractivity contribution is -0.152. The summed E-state index contributed by atoms with van der Waals surface area (Å²) >= 11 is 5.87. The lowest BCUT2D eigenvalue weighted by atomic mass is 9.69. The molecular formula is C15H17ClO2. The minimum absolute atomic E-state index is 0.371. The van der Waals surface area contributed by atoms with Gasteiger partial charge in [0.25, 0.3) is 0 Å². The number of hydrogen-bond acceptors (Lipinski definition) is 1. The van der Waals surface area contributed by atoms with Gasteiger partial charge in [-0.15, -0.1) is 0 Å². The number of hydrogen-bond donors (Lipinski definition) is 1. The molecule has 1 N–H and O–H groups in total. The first-order valence-corrected chi connectivity index (χ1v) is 6.96. The van der Waals surface area contributed by atoms with Crippen molar-refractivity contribution >= 4 is 17.6 Å². The fourth-order valence-electron chi connectivity index (χ4n) is 3.96. The highest BCUT2D eigenvalue weighted by atomic mass is 35.5. The van der Waals surface area contributed by atoms with Crippen molar-refractivity contribution in [1.29, 1.82) is 0 Å². The van der Waals surface area contributed by atoms with Gasteiger partial charge in [0.2, 0.25) is 0 Å². The van der Waals surface area contributed by atoms with E-state index in [9.17, 15) is 9.90 Å². The summed E-state index contributed by atoms with van der Waals surface area (Å²) in [4.78, 5) is 11.8. The first kappa shape index (κ1) is 12.0. The van der Waals surface area contributed by atoms with Crippen molar-refractivity contribution in [3.63, 3.8) is 0 Å². The zero-order chi connectivity index (χ0) is 12.8. The van der Waals surface area contributed by atoms with Crippen LogP contribution in [0.1, 0.15) is 31.2 Å². The largest absolute Gasteiger partial charge is 0.481 e. The van der Waals surface area contributed by atoms with Crippen molar-refractivity contribution in [2.75, 3.05) is 0 Å². The van der Waals surface area contributed by atoms with Crippen LogP contribution in [0.5, 0.6) is 0 Å². The highest BCUT2D eigenvalue weighted by Crippen LogP contribution is 2.57. The summed E-state index contributed by atoms with van der Waals surface area (Å²) in [5, 5.41) is 10.4. The van der Waals surface area contributed by atoms with Gasteiger partial charge in [0, 0.05) is 5.02 Å². The molecule has 0 aromatic heterocycles. The molecule has 3 rings (SSSR count). The van der Waals surface area contributed by atoms with Crippen LogP contribution in [0.3, 0.4) is 0 Å². The smallest absolute Gasteiger partial charge is 0.310 e. The molecule has 2 bridgehead atoms. The molecule has 3 heteroatoms. The second-order valence-electron chi connectivity index (χ2n) is 5.84. The third-order valence-corrected chi connectivity index (χ3v) is 5.09. The van der Waals surface area contributed by atoms with E-state index >= 15 is 0 Å². The maximum atomic E-state index is 11.8. The third kappa shape index (κ3) is 1.83. The Balaban J connectivity index is 1.88. The molecule has 0 saturated heterocycles. The molecule has 0 unspecified atom stereocenters. The quantitative estimate of drug-likeness (QED) is 0.902. The second-order valence-corrected chi connectivity index (χ2v) is 6.28. The number of aliphatic carboxylic acids is 1. The minimum Gasteiger partial charge on any atom is -0.481 e. The molecule has 18 heavy (non-hydrogen) atoms. The molecule has 0 heterocycles. The van der Waals surface area contributed by atoms with Crippen LogP contribution in [-0.4, -0.2) is 11.1 Å². The number of rotatable bonds is 3. The average Bonchev–Trinajstić information content (AvgIpc) is 2.93. The van der Waals surface area contributed by atoms with Crippen molar-refractivity contribution in [1.82, 2.24) is 0 Å². The highest BCUT2D eigenvalue weighted by Gasteiger charge is 2.55. The Morgan fingerprint density at radius 3 is 2.56 bits per heavy atom. The van der Waals surface area contributed by atoms with Gasteiger partial charge in [-0.3, -0.25) is 4.79 Å². The molecule has 2 fully saturated rings. The summed E-state index contributed by atoms with van der Waals surface area (Å²) in [6.45, 7) is 0. The monoisotopic (exact) mass is 264 g/mol. The minimum atomic E-state index is -0.607. The van der Waals surface area contributed by atoms with Gasteiger partial charge in [-0.2, -0.15) is 0 Å². The van der Waals surface area contributed by atoms with Crippen LogP contribution in [0.15, 0.2) is 24.3 Å². The Labute approximate surface area is 112 Å². The topological polar surface area (TPSA) is 37.3 Å². The zero-order valence-corrected chi connectivity index (χ0v) is 11.0. The Morgan fingerprint density at radius 2 is 2.06 bits per heavy atom. The van der Waals surface area contributed by atoms with Gasteiger partial charge in [0.15, 0.2) is 0 Å². The Kier molecular flexibility index (Phi) is 2.86. The van der Waals surface area contributed by atoms with E-state index in [0.29, 0.717) is 23.3 Å². The fraction of sp³-hybridized carbons (Fsp3) is 0.533. The van der Waals surface area contributed by atoms with Gasteiger partial charge in [0.1, 0.15) is 0 Å². The molecule has 1 aromatic carbocycles. The molecule has 2 aliphatic rings. The number of carboxylic acids is 1. The van der Waals surface area contributed by atoms with E-state index < -0.39 is 11.4 Å². The summed E-state index contributed by atoms with van der Waals surface area (Å²) in [7, 11) is 0. The molecule has 2 saturated carbocycles. The van der Waals surface area contributed by atoms with E-state index in [4.69, 9.17) is 11.6 Å². The molecule has 3 atom stereocenters. The van der Waals surface area contributed by atoms with E-state index in [-0.39, 0.29) is 0 Å². The van der Waals surface area contributed by atoms with Crippen molar-refractivity contribution in [3.8, 4) is 0 Å². The van der Waals surface area contributed by atoms with Gasteiger partial charge in [-0.25, -0.2) is 0 Å². The predicted molar refractivity (Wildman–Crippen MR) is 70.7 cm³/mol. The fourth-order valence-corrected chi connectivity index (χ4v) is 4.09. The summed E-state index contributed by atoms with van der Waals surface area (Å²) in [5.41, 5.74) is 0.575. The van der Waals surface area contributed by atoms with Gasteiger partial charge >= 0.3 is 5.97 Å². The average molecular weight is 265 g/mol. The molecule has 2 aliphatic carbocycles. The van der Waals surface area contributed by atoms with Crippen LogP contribution in [0, 0.1) is 17.3 Å². The lowest BCUT2D eigenvalue weighted by Crippen LogP contribution is -2.38. The first-order chi connectivity index (χ1) is 8.60. The van der Waals surface area contributed by atoms with Crippen molar-refractivity contribution in [2.45, 2.75) is 32.1 Å². The molecule has 96 valence electrons. The van der Waals surface area contributed by atoms with E-state index in [0.717, 1.165) is 24.8 Å². The molecule has 0 amide bonds. The first-order valence-electron chi connectivity index (χ1n) is 6.58. The standard InChI is InChI=1S/C15H17ClO2/c16-13-5-2-10(3-6-13)8-15(14(17)18)9-11-1-4-12(15)7-11/h2-3,5-6,11-12H,1,4,7-9H2,(H,17,18)/t11-,12-,15+/m0/s1. The Morgan fingerprint density at radius 1 is 1.33 bits per heavy atom. The van der Waals surface area contributed by atoms with Gasteiger partial charge in [-0.1, -0.05) is 30.2 Å². The van der Waals surface area contributed by atoms with Gasteiger partial charge in [0.05, 0.1) is 5.41 Å². The summed E-state index contributed by atoms with van der Waals surface area (Å²) < 4.78 is 0. The normalized spacial score (nSPS) is 33.8. The SMILES string of the molecule is O=C(O)[C@]1(Cc2ccc(Cl)cc2)C[C@H]2CC[C@H]1C2. The number of benzene rings is 1. The van der Waals surface area contributed by atoms with Crippen LogP contribution in [0.25, 0.3) is 0 Å². The number of fused-ring (bicyclic) bond motifs is 2. The summed E-state index contributed by atoms with van der Waals surface area (Å²) in [6, 6.07) is 7.61. The Bertz CT molecular complexity index is 468. The van der Waals surface area contributed by atoms with Crippen molar-refractivity contribution in [2.24, 2.45) is 17.3 Å². The molecule has 0 radical (unpaired) electrons. The van der Waals surface area contributed by atoms with Crippen LogP contribution >= 0.6 is 11.6 Å². The molecule has 2 nitrogen and oxygen atoms in total. The number of carbonyl (C=O) groups is 1. The van der Waals surface area contributed by atoms with Gasteiger partial charge in [-0.05, 0) is 55.2 Å². The summed E-state index contributed by atoms with van der Waals surface area (Å²) in [5.74, 6) is 0.402. The molecular weight excluding hydrogens is 248 g/mol. The predicted octanol–water partition coefficient (Wildman–Crippen LogP) is 3.77. The summed E-state index contributed by atoms with van der Waals surface area (Å²) in [6.07, 6.45) is 4.93. The third-order valence-electron chi connectivity index (χ3n) is 4.83. The lowest BCUT2D eigenvalue weighted by Gasteiger charge is -2.33. The molecule has 1 aromatic rings. The van der Waals surface area contributed by atoms with E-state index in [1.807, 2.05) is 24.3 Å². The van der Waals surface area contributed by atoms with Gasteiger partial charge < -0.3 is 5.11 Å². The second kappa shape index (κ2) is 4.27. The number of halogens is 1. The van der Waals surface area contributed by atoms with E-state index in [1.54, 1.807) is 0 Å². The van der Waals surface area contributed by atoms with Crippen molar-refractivity contribution in [3.05, 3.63) is 34.9 Å².